The quantitative estimate of drug-likeness (QED) is 0.867. The van der Waals surface area contributed by atoms with E-state index in [1.165, 1.54) is 0 Å². The van der Waals surface area contributed by atoms with Crippen LogP contribution in [0.2, 0.25) is 0 Å². The topological polar surface area (TPSA) is 74.6 Å². The minimum absolute atomic E-state index is 0.227. The van der Waals surface area contributed by atoms with Crippen molar-refractivity contribution in [3.05, 3.63) is 70.8 Å². The lowest BCUT2D eigenvalue weighted by atomic mass is 9.74. The molecule has 0 aliphatic heterocycles. The molecule has 1 aliphatic rings. The van der Waals surface area contributed by atoms with Gasteiger partial charge in [-0.3, -0.25) is 0 Å². The first kappa shape index (κ1) is 16.2. The van der Waals surface area contributed by atoms with Gasteiger partial charge in [0.05, 0.1) is 11.1 Å². The van der Waals surface area contributed by atoms with Gasteiger partial charge in [0, 0.05) is 0 Å². The van der Waals surface area contributed by atoms with E-state index in [1.807, 2.05) is 24.3 Å². The summed E-state index contributed by atoms with van der Waals surface area (Å²) < 4.78 is 0. The van der Waals surface area contributed by atoms with Crippen LogP contribution in [0.15, 0.2) is 48.5 Å². The molecule has 0 saturated heterocycles. The molecule has 2 N–H and O–H groups in total. The van der Waals surface area contributed by atoms with Gasteiger partial charge in [0.15, 0.2) is 0 Å². The smallest absolute Gasteiger partial charge is 0.335 e. The normalized spacial score (nSPS) is 20.5. The summed E-state index contributed by atoms with van der Waals surface area (Å²) in [6.45, 7) is 0. The van der Waals surface area contributed by atoms with Gasteiger partial charge in [-0.05, 0) is 60.8 Å². The number of benzene rings is 2. The molecule has 4 heteroatoms. The van der Waals surface area contributed by atoms with Crippen molar-refractivity contribution in [3.8, 4) is 0 Å². The molecule has 0 unspecified atom stereocenters. The Kier molecular flexibility index (Phi) is 4.65. The Balaban J connectivity index is 1.78. The Morgan fingerprint density at radius 2 is 1.00 bits per heavy atom. The fourth-order valence-electron chi connectivity index (χ4n) is 3.81. The third-order valence-electron chi connectivity index (χ3n) is 4.99. The molecule has 0 bridgehead atoms. The van der Waals surface area contributed by atoms with Crippen LogP contribution >= 0.6 is 0 Å². The zero-order valence-electron chi connectivity index (χ0n) is 13.3. The summed E-state index contributed by atoms with van der Waals surface area (Å²) in [6, 6.07) is 14.4. The number of hydrogen-bond donors (Lipinski definition) is 2. The molecular formula is C20H20O4. The van der Waals surface area contributed by atoms with E-state index >= 15 is 0 Å². The molecule has 2 aromatic carbocycles. The van der Waals surface area contributed by atoms with Crippen LogP contribution in [0, 0.1) is 0 Å². The first-order chi connectivity index (χ1) is 11.6. The molecule has 0 spiro atoms. The summed E-state index contributed by atoms with van der Waals surface area (Å²) in [4.78, 5) is 22.8. The number of carboxylic acids is 2. The van der Waals surface area contributed by atoms with Gasteiger partial charge in [0.25, 0.3) is 0 Å². The van der Waals surface area contributed by atoms with Gasteiger partial charge >= 0.3 is 11.9 Å². The summed E-state index contributed by atoms with van der Waals surface area (Å²) in [5, 5.41) is 18.7. The van der Waals surface area contributed by atoms with E-state index in [-0.39, 0.29) is 11.8 Å². The second kappa shape index (κ2) is 6.87. The Bertz CT molecular complexity index is 692. The first-order valence-electron chi connectivity index (χ1n) is 8.22. The van der Waals surface area contributed by atoms with Crippen LogP contribution in [0.1, 0.15) is 69.4 Å². The zero-order chi connectivity index (χ0) is 17.1. The first-order valence-corrected chi connectivity index (χ1v) is 8.22. The summed E-state index contributed by atoms with van der Waals surface area (Å²) >= 11 is 0. The highest BCUT2D eigenvalue weighted by Gasteiger charge is 2.28. The number of aromatic carboxylic acids is 2. The maximum atomic E-state index is 11.4. The minimum atomic E-state index is -0.885. The molecular weight excluding hydrogens is 304 g/mol. The van der Waals surface area contributed by atoms with Gasteiger partial charge in [0.1, 0.15) is 0 Å². The second-order valence-electron chi connectivity index (χ2n) is 6.33. The van der Waals surface area contributed by atoms with E-state index in [0.29, 0.717) is 11.1 Å². The van der Waals surface area contributed by atoms with Crippen LogP contribution in [0.25, 0.3) is 0 Å². The molecule has 1 saturated carbocycles. The summed E-state index contributed by atoms with van der Waals surface area (Å²) in [6.07, 6.45) is 3.51. The molecule has 0 aromatic heterocycles. The highest BCUT2D eigenvalue weighted by atomic mass is 16.4. The average molecular weight is 324 g/mol. The molecule has 0 amide bonds. The van der Waals surface area contributed by atoms with Crippen LogP contribution in [0.5, 0.6) is 0 Å². The van der Waals surface area contributed by atoms with Crippen LogP contribution in [0.3, 0.4) is 0 Å². The molecule has 1 aliphatic carbocycles. The molecule has 4 nitrogen and oxygen atoms in total. The minimum Gasteiger partial charge on any atom is -0.478 e. The van der Waals surface area contributed by atoms with Crippen LogP contribution in [0.4, 0.5) is 0 Å². The van der Waals surface area contributed by atoms with E-state index in [4.69, 9.17) is 0 Å². The molecule has 0 heterocycles. The maximum absolute atomic E-state index is 11.4. The van der Waals surface area contributed by atoms with E-state index in [2.05, 4.69) is 0 Å². The fourth-order valence-corrected chi connectivity index (χ4v) is 3.81. The van der Waals surface area contributed by atoms with Gasteiger partial charge in [0.2, 0.25) is 0 Å². The molecule has 3 rings (SSSR count). The highest BCUT2D eigenvalue weighted by molar-refractivity contribution is 5.90. The molecule has 0 radical (unpaired) electrons. The Hall–Kier alpha value is -2.62. The maximum Gasteiger partial charge on any atom is 0.335 e. The van der Waals surface area contributed by atoms with E-state index in [1.54, 1.807) is 24.3 Å². The molecule has 1 fully saturated rings. The summed E-state index contributed by atoms with van der Waals surface area (Å²) in [5.41, 5.74) is 2.56. The van der Waals surface area contributed by atoms with Crippen molar-refractivity contribution < 1.29 is 19.8 Å². The third kappa shape index (κ3) is 3.18. The predicted molar refractivity (Wildman–Crippen MR) is 90.8 cm³/mol. The van der Waals surface area contributed by atoms with Crippen molar-refractivity contribution in [1.29, 1.82) is 0 Å². The standard InChI is InChI=1S/C20H20O4/c21-19(22)17-7-3-1-5-15(17)13-9-11-14(12-10-13)16-6-2-4-8-18(16)20(23)24/h1-8,13-14H,9-12H2,(H,21,22)(H,23,24). The van der Waals surface area contributed by atoms with E-state index in [9.17, 15) is 19.8 Å². The van der Waals surface area contributed by atoms with Crippen molar-refractivity contribution in [2.24, 2.45) is 0 Å². The van der Waals surface area contributed by atoms with Crippen molar-refractivity contribution in [2.75, 3.05) is 0 Å². The lowest BCUT2D eigenvalue weighted by Crippen LogP contribution is -2.16. The monoisotopic (exact) mass is 324 g/mol. The summed E-state index contributed by atoms with van der Waals surface area (Å²) in [7, 11) is 0. The Morgan fingerprint density at radius 1 is 0.667 bits per heavy atom. The molecule has 0 atom stereocenters. The van der Waals surface area contributed by atoms with Crippen molar-refractivity contribution in [2.45, 2.75) is 37.5 Å². The summed E-state index contributed by atoms with van der Waals surface area (Å²) in [5.74, 6) is -1.32. The predicted octanol–water partition coefficient (Wildman–Crippen LogP) is 4.52. The van der Waals surface area contributed by atoms with Gasteiger partial charge in [-0.1, -0.05) is 36.4 Å². The van der Waals surface area contributed by atoms with Crippen LogP contribution < -0.4 is 0 Å². The Morgan fingerprint density at radius 3 is 1.33 bits per heavy atom. The number of carboxylic acid groups (broad SMARTS) is 2. The highest BCUT2D eigenvalue weighted by Crippen LogP contribution is 2.42. The number of carbonyl (C=O) groups is 2. The second-order valence-corrected chi connectivity index (χ2v) is 6.33. The van der Waals surface area contributed by atoms with Crippen molar-refractivity contribution in [1.82, 2.24) is 0 Å². The van der Waals surface area contributed by atoms with Crippen molar-refractivity contribution in [3.63, 3.8) is 0 Å². The van der Waals surface area contributed by atoms with Gasteiger partial charge in [-0.15, -0.1) is 0 Å². The average Bonchev–Trinajstić information content (AvgIpc) is 2.62. The lowest BCUT2D eigenvalue weighted by molar-refractivity contribution is 0.0683. The van der Waals surface area contributed by atoms with Gasteiger partial charge < -0.3 is 10.2 Å². The van der Waals surface area contributed by atoms with Crippen molar-refractivity contribution >= 4 is 11.9 Å². The zero-order valence-corrected chi connectivity index (χ0v) is 13.3. The van der Waals surface area contributed by atoms with Gasteiger partial charge in [-0.2, -0.15) is 0 Å². The van der Waals surface area contributed by atoms with Crippen LogP contribution in [-0.2, 0) is 0 Å². The van der Waals surface area contributed by atoms with Gasteiger partial charge in [-0.25, -0.2) is 9.59 Å². The largest absolute Gasteiger partial charge is 0.478 e. The third-order valence-corrected chi connectivity index (χ3v) is 4.99. The van der Waals surface area contributed by atoms with E-state index < -0.39 is 11.9 Å². The molecule has 24 heavy (non-hydrogen) atoms. The Labute approximate surface area is 140 Å². The van der Waals surface area contributed by atoms with Crippen LogP contribution in [-0.4, -0.2) is 22.2 Å². The lowest BCUT2D eigenvalue weighted by Gasteiger charge is -2.30. The van der Waals surface area contributed by atoms with E-state index in [0.717, 1.165) is 36.8 Å². The number of hydrogen-bond acceptors (Lipinski definition) is 2. The SMILES string of the molecule is O=C(O)c1ccccc1C1CCC(c2ccccc2C(=O)O)CC1. The molecule has 124 valence electrons. The number of rotatable bonds is 4. The molecule has 2 aromatic rings. The fraction of sp³-hybridized carbons (Fsp3) is 0.300.